The molecule has 3 aromatic carbocycles. The Morgan fingerprint density at radius 2 is 1.16 bits per heavy atom. The Balaban J connectivity index is 1.77. The Labute approximate surface area is 189 Å². The zero-order chi connectivity index (χ0) is 22.8. The summed E-state index contributed by atoms with van der Waals surface area (Å²) in [6, 6.07) is 27.7. The first kappa shape index (κ1) is 23.2. The van der Waals surface area contributed by atoms with Gasteiger partial charge >= 0.3 is 5.97 Å². The average Bonchev–Trinajstić information content (AvgIpc) is 2.83. The highest BCUT2D eigenvalue weighted by molar-refractivity contribution is 5.86. The molecule has 1 amide bonds. The second kappa shape index (κ2) is 11.8. The molecular formula is C27H29NO4. The topological polar surface area (TPSA) is 75.6 Å². The first-order valence-electron chi connectivity index (χ1n) is 10.7. The van der Waals surface area contributed by atoms with Gasteiger partial charge in [-0.25, -0.2) is 4.79 Å². The van der Waals surface area contributed by atoms with Crippen LogP contribution in [0.1, 0.15) is 16.7 Å². The van der Waals surface area contributed by atoms with Gasteiger partial charge < -0.3 is 15.2 Å². The summed E-state index contributed by atoms with van der Waals surface area (Å²) >= 11 is 0. The van der Waals surface area contributed by atoms with Gasteiger partial charge in [0.25, 0.3) is 0 Å². The molecule has 5 nitrogen and oxygen atoms in total. The molecule has 2 N–H and O–H groups in total. The molecule has 0 spiro atoms. The fourth-order valence-electron chi connectivity index (χ4n) is 3.74. The summed E-state index contributed by atoms with van der Waals surface area (Å²) in [4.78, 5) is 25.7. The van der Waals surface area contributed by atoms with Gasteiger partial charge in [0.05, 0.1) is 13.2 Å². The molecule has 0 aromatic heterocycles. The highest BCUT2D eigenvalue weighted by Crippen LogP contribution is 2.17. The number of esters is 1. The molecule has 0 fully saturated rings. The minimum absolute atomic E-state index is 0.225. The molecule has 166 valence electrons. The van der Waals surface area contributed by atoms with Gasteiger partial charge in [-0.2, -0.15) is 0 Å². The van der Waals surface area contributed by atoms with Crippen LogP contribution in [0.2, 0.25) is 0 Å². The quantitative estimate of drug-likeness (QED) is 0.483. The van der Waals surface area contributed by atoms with Crippen LogP contribution in [-0.4, -0.2) is 36.2 Å². The number of benzene rings is 3. The number of methoxy groups -OCH3 is 1. The minimum atomic E-state index is -1.15. The lowest BCUT2D eigenvalue weighted by molar-refractivity contribution is -0.149. The van der Waals surface area contributed by atoms with E-state index in [0.717, 1.165) is 16.7 Å². The smallest absolute Gasteiger partial charge is 0.331 e. The summed E-state index contributed by atoms with van der Waals surface area (Å²) in [5, 5.41) is 13.5. The molecule has 0 heterocycles. The van der Waals surface area contributed by atoms with E-state index in [1.165, 1.54) is 7.11 Å². The second-order valence-electron chi connectivity index (χ2n) is 7.84. The molecule has 0 radical (unpaired) electrons. The SMILES string of the molecule is COC(=O)C(NC(=O)C(Cc1ccccc1)Cc1ccccc1)C(O)Cc1ccccc1. The van der Waals surface area contributed by atoms with Gasteiger partial charge in [-0.05, 0) is 29.5 Å². The monoisotopic (exact) mass is 431 g/mol. The van der Waals surface area contributed by atoms with Crippen LogP contribution in [0.15, 0.2) is 91.0 Å². The molecule has 3 aromatic rings. The molecule has 0 bridgehead atoms. The number of aliphatic hydroxyl groups is 1. The number of amides is 1. The number of aliphatic hydroxyl groups excluding tert-OH is 1. The predicted octanol–water partition coefficient (Wildman–Crippen LogP) is 3.35. The first-order chi connectivity index (χ1) is 15.6. The summed E-state index contributed by atoms with van der Waals surface area (Å²) in [6.07, 6.45) is 0.153. The number of nitrogens with one attached hydrogen (secondary N) is 1. The molecule has 0 aliphatic carbocycles. The lowest BCUT2D eigenvalue weighted by atomic mass is 9.91. The van der Waals surface area contributed by atoms with Gasteiger partial charge in [0, 0.05) is 12.3 Å². The number of ether oxygens (including phenoxy) is 1. The fourth-order valence-corrected chi connectivity index (χ4v) is 3.74. The largest absolute Gasteiger partial charge is 0.467 e. The Kier molecular flexibility index (Phi) is 8.58. The standard InChI is InChI=1S/C27H29NO4/c1-32-27(31)25(24(29)19-22-15-9-4-10-16-22)28-26(30)23(17-20-11-5-2-6-12-20)18-21-13-7-3-8-14-21/h2-16,23-25,29H,17-19H2,1H3,(H,28,30). The third kappa shape index (κ3) is 6.79. The Morgan fingerprint density at radius 3 is 1.56 bits per heavy atom. The highest BCUT2D eigenvalue weighted by Gasteiger charge is 2.32. The maximum Gasteiger partial charge on any atom is 0.331 e. The van der Waals surface area contributed by atoms with E-state index in [1.807, 2.05) is 91.0 Å². The van der Waals surface area contributed by atoms with E-state index in [4.69, 9.17) is 4.74 Å². The van der Waals surface area contributed by atoms with Crippen LogP contribution in [0.3, 0.4) is 0 Å². The summed E-state index contributed by atoms with van der Waals surface area (Å²) < 4.78 is 4.87. The van der Waals surface area contributed by atoms with Gasteiger partial charge in [-0.15, -0.1) is 0 Å². The molecule has 2 unspecified atom stereocenters. The van der Waals surface area contributed by atoms with Crippen LogP contribution in [0.25, 0.3) is 0 Å². The molecular weight excluding hydrogens is 402 g/mol. The van der Waals surface area contributed by atoms with Crippen molar-refractivity contribution in [3.05, 3.63) is 108 Å². The van der Waals surface area contributed by atoms with Crippen molar-refractivity contribution in [2.24, 2.45) is 5.92 Å². The maximum atomic E-state index is 13.3. The molecule has 0 aliphatic heterocycles. The van der Waals surface area contributed by atoms with E-state index >= 15 is 0 Å². The summed E-state index contributed by atoms with van der Waals surface area (Å²) in [6.45, 7) is 0. The van der Waals surface area contributed by atoms with Crippen LogP contribution in [0.5, 0.6) is 0 Å². The number of rotatable bonds is 10. The van der Waals surface area contributed by atoms with E-state index < -0.39 is 24.0 Å². The lowest BCUT2D eigenvalue weighted by Crippen LogP contribution is -2.52. The van der Waals surface area contributed by atoms with Crippen LogP contribution in [0, 0.1) is 5.92 Å². The third-order valence-electron chi connectivity index (χ3n) is 5.45. The van der Waals surface area contributed by atoms with Gasteiger partial charge in [0.15, 0.2) is 6.04 Å². The first-order valence-corrected chi connectivity index (χ1v) is 10.7. The summed E-state index contributed by atoms with van der Waals surface area (Å²) in [5.74, 6) is -1.36. The second-order valence-corrected chi connectivity index (χ2v) is 7.84. The van der Waals surface area contributed by atoms with Crippen LogP contribution in [0.4, 0.5) is 0 Å². The molecule has 32 heavy (non-hydrogen) atoms. The van der Waals surface area contributed by atoms with Gasteiger partial charge in [-0.3, -0.25) is 4.79 Å². The van der Waals surface area contributed by atoms with E-state index in [1.54, 1.807) is 0 Å². The van der Waals surface area contributed by atoms with Crippen molar-refractivity contribution in [3.8, 4) is 0 Å². The minimum Gasteiger partial charge on any atom is -0.467 e. The molecule has 0 saturated carbocycles. The van der Waals surface area contributed by atoms with Gasteiger partial charge in [0.1, 0.15) is 0 Å². The van der Waals surface area contributed by atoms with E-state index in [0.29, 0.717) is 12.8 Å². The van der Waals surface area contributed by atoms with Crippen molar-refractivity contribution in [2.45, 2.75) is 31.4 Å². The Hall–Kier alpha value is -3.44. The van der Waals surface area contributed by atoms with Crippen LogP contribution in [-0.2, 0) is 33.6 Å². The van der Waals surface area contributed by atoms with Crippen LogP contribution >= 0.6 is 0 Å². The Bertz CT molecular complexity index is 935. The van der Waals surface area contributed by atoms with Crippen molar-refractivity contribution in [2.75, 3.05) is 7.11 Å². The highest BCUT2D eigenvalue weighted by atomic mass is 16.5. The van der Waals surface area contributed by atoms with Gasteiger partial charge in [0.2, 0.25) is 5.91 Å². The molecule has 2 atom stereocenters. The number of hydrogen-bond donors (Lipinski definition) is 2. The van der Waals surface area contributed by atoms with Crippen molar-refractivity contribution >= 4 is 11.9 Å². The third-order valence-corrected chi connectivity index (χ3v) is 5.45. The van der Waals surface area contributed by atoms with Crippen molar-refractivity contribution < 1.29 is 19.4 Å². The molecule has 0 saturated heterocycles. The summed E-state index contributed by atoms with van der Waals surface area (Å²) in [5.41, 5.74) is 2.93. The Morgan fingerprint density at radius 1 is 0.750 bits per heavy atom. The van der Waals surface area contributed by atoms with Crippen LogP contribution < -0.4 is 5.32 Å². The number of carbonyl (C=O) groups is 2. The number of hydrogen-bond acceptors (Lipinski definition) is 4. The fraction of sp³-hybridized carbons (Fsp3) is 0.259. The molecule has 0 aliphatic rings. The van der Waals surface area contributed by atoms with Gasteiger partial charge in [-0.1, -0.05) is 91.0 Å². The normalized spacial score (nSPS) is 12.7. The van der Waals surface area contributed by atoms with Crippen molar-refractivity contribution in [3.63, 3.8) is 0 Å². The van der Waals surface area contributed by atoms with E-state index in [-0.39, 0.29) is 12.3 Å². The molecule has 5 heteroatoms. The zero-order valence-corrected chi connectivity index (χ0v) is 18.2. The predicted molar refractivity (Wildman–Crippen MR) is 124 cm³/mol. The lowest BCUT2D eigenvalue weighted by Gasteiger charge is -2.25. The van der Waals surface area contributed by atoms with E-state index in [9.17, 15) is 14.7 Å². The number of carbonyl (C=O) groups excluding carboxylic acids is 2. The average molecular weight is 432 g/mol. The maximum absolute atomic E-state index is 13.3. The summed E-state index contributed by atoms with van der Waals surface area (Å²) in [7, 11) is 1.25. The zero-order valence-electron chi connectivity index (χ0n) is 18.2. The van der Waals surface area contributed by atoms with Crippen molar-refractivity contribution in [1.82, 2.24) is 5.32 Å². The van der Waals surface area contributed by atoms with E-state index in [2.05, 4.69) is 5.32 Å². The van der Waals surface area contributed by atoms with Crippen molar-refractivity contribution in [1.29, 1.82) is 0 Å². The molecule has 3 rings (SSSR count).